The van der Waals surface area contributed by atoms with Gasteiger partial charge in [-0.1, -0.05) is 13.8 Å². The quantitative estimate of drug-likeness (QED) is 0.791. The molecule has 2 rings (SSSR count). The molecule has 1 aliphatic heterocycles. The number of pyridine rings is 1. The first kappa shape index (κ1) is 14.3. The largest absolute Gasteiger partial charge is 0.369 e. The Morgan fingerprint density at radius 2 is 2.00 bits per heavy atom. The second-order valence-electron chi connectivity index (χ2n) is 5.10. The number of piperazine rings is 1. The molecule has 0 saturated carbocycles. The van der Waals surface area contributed by atoms with E-state index in [1.54, 1.807) is 0 Å². The van der Waals surface area contributed by atoms with Gasteiger partial charge in [-0.2, -0.15) is 0 Å². The zero-order valence-electron chi connectivity index (χ0n) is 12.2. The summed E-state index contributed by atoms with van der Waals surface area (Å²) in [6.07, 6.45) is 3.10. The van der Waals surface area contributed by atoms with Gasteiger partial charge in [-0.05, 0) is 31.6 Å². The van der Waals surface area contributed by atoms with Crippen LogP contribution in [0.3, 0.4) is 0 Å². The summed E-state index contributed by atoms with van der Waals surface area (Å²) in [4.78, 5) is 9.41. The third-order valence-electron chi connectivity index (χ3n) is 3.72. The number of hydrogen-bond donors (Lipinski definition) is 1. The fraction of sp³-hybridized carbons (Fsp3) is 0.667. The van der Waals surface area contributed by atoms with Crippen LogP contribution in [-0.2, 0) is 6.54 Å². The van der Waals surface area contributed by atoms with Gasteiger partial charge in [0.1, 0.15) is 0 Å². The van der Waals surface area contributed by atoms with Crippen LogP contribution in [0.15, 0.2) is 18.3 Å². The summed E-state index contributed by atoms with van der Waals surface area (Å²) in [6.45, 7) is 12.1. The van der Waals surface area contributed by atoms with E-state index in [4.69, 9.17) is 0 Å². The van der Waals surface area contributed by atoms with Gasteiger partial charge in [-0.25, -0.2) is 0 Å². The van der Waals surface area contributed by atoms with E-state index in [1.807, 2.05) is 6.20 Å². The van der Waals surface area contributed by atoms with Gasteiger partial charge in [0.2, 0.25) is 0 Å². The molecule has 1 aromatic rings. The van der Waals surface area contributed by atoms with Crippen molar-refractivity contribution in [3.63, 3.8) is 0 Å². The number of hydrogen-bond acceptors (Lipinski definition) is 4. The Balaban J connectivity index is 1.91. The van der Waals surface area contributed by atoms with E-state index < -0.39 is 0 Å². The molecule has 0 bridgehead atoms. The lowest BCUT2D eigenvalue weighted by atomic mass is 10.2. The number of aromatic nitrogens is 1. The highest BCUT2D eigenvalue weighted by Gasteiger charge is 2.15. The first-order chi connectivity index (χ1) is 9.33. The Labute approximate surface area is 116 Å². The molecule has 4 heteroatoms. The normalized spacial score (nSPS) is 16.8. The third kappa shape index (κ3) is 4.18. The van der Waals surface area contributed by atoms with Crippen LogP contribution >= 0.6 is 0 Å². The van der Waals surface area contributed by atoms with Crippen LogP contribution in [0.2, 0.25) is 0 Å². The van der Waals surface area contributed by atoms with E-state index in [-0.39, 0.29) is 0 Å². The molecule has 1 N–H and O–H groups in total. The lowest BCUT2D eigenvalue weighted by Gasteiger charge is -2.35. The summed E-state index contributed by atoms with van der Waals surface area (Å²) in [6, 6.07) is 4.36. The molecule has 0 atom stereocenters. The fourth-order valence-corrected chi connectivity index (χ4v) is 2.47. The van der Waals surface area contributed by atoms with Crippen LogP contribution in [0.4, 0.5) is 5.69 Å². The van der Waals surface area contributed by atoms with Crippen molar-refractivity contribution < 1.29 is 0 Å². The summed E-state index contributed by atoms with van der Waals surface area (Å²) in [5.74, 6) is 0. The lowest BCUT2D eigenvalue weighted by molar-refractivity contribution is 0.271. The second kappa shape index (κ2) is 7.46. The summed E-state index contributed by atoms with van der Waals surface area (Å²) in [5, 5.41) is 3.41. The molecular formula is C15H26N4. The van der Waals surface area contributed by atoms with E-state index in [0.29, 0.717) is 0 Å². The molecule has 0 unspecified atom stereocenters. The summed E-state index contributed by atoms with van der Waals surface area (Å²) in [7, 11) is 0. The SMILES string of the molecule is CCCNCc1cc(N2CCN(CC)CC2)ccn1. The minimum atomic E-state index is 0.872. The number of rotatable bonds is 6. The molecule has 106 valence electrons. The highest BCUT2D eigenvalue weighted by atomic mass is 15.3. The molecule has 2 heterocycles. The van der Waals surface area contributed by atoms with E-state index in [0.717, 1.165) is 38.4 Å². The summed E-state index contributed by atoms with van der Waals surface area (Å²) in [5.41, 5.74) is 2.46. The van der Waals surface area contributed by atoms with Gasteiger partial charge in [0.05, 0.1) is 5.69 Å². The molecule has 0 amide bonds. The highest BCUT2D eigenvalue weighted by Crippen LogP contribution is 2.16. The number of anilines is 1. The zero-order chi connectivity index (χ0) is 13.5. The van der Waals surface area contributed by atoms with Gasteiger partial charge >= 0.3 is 0 Å². The van der Waals surface area contributed by atoms with Gasteiger partial charge in [-0.3, -0.25) is 4.98 Å². The Bertz CT molecular complexity index is 372. The molecule has 0 radical (unpaired) electrons. The van der Waals surface area contributed by atoms with Crippen LogP contribution in [0.5, 0.6) is 0 Å². The number of nitrogens with zero attached hydrogens (tertiary/aromatic N) is 3. The van der Waals surface area contributed by atoms with E-state index >= 15 is 0 Å². The van der Waals surface area contributed by atoms with Gasteiger partial charge in [0.25, 0.3) is 0 Å². The Kier molecular flexibility index (Phi) is 5.61. The van der Waals surface area contributed by atoms with Crippen molar-refractivity contribution in [3.05, 3.63) is 24.0 Å². The third-order valence-corrected chi connectivity index (χ3v) is 3.72. The van der Waals surface area contributed by atoms with Crippen LogP contribution in [0, 0.1) is 0 Å². The maximum absolute atomic E-state index is 4.44. The second-order valence-corrected chi connectivity index (χ2v) is 5.10. The zero-order valence-corrected chi connectivity index (χ0v) is 12.2. The Hall–Kier alpha value is -1.13. The van der Waals surface area contributed by atoms with Crippen molar-refractivity contribution in [2.75, 3.05) is 44.2 Å². The molecule has 0 spiro atoms. The Morgan fingerprint density at radius 3 is 2.68 bits per heavy atom. The monoisotopic (exact) mass is 262 g/mol. The maximum atomic E-state index is 4.44. The topological polar surface area (TPSA) is 31.4 Å². The van der Waals surface area contributed by atoms with Crippen molar-refractivity contribution >= 4 is 5.69 Å². The lowest BCUT2D eigenvalue weighted by Crippen LogP contribution is -2.46. The first-order valence-electron chi connectivity index (χ1n) is 7.46. The van der Waals surface area contributed by atoms with E-state index in [2.05, 4.69) is 46.1 Å². The summed E-state index contributed by atoms with van der Waals surface area (Å²) >= 11 is 0. The molecule has 4 nitrogen and oxygen atoms in total. The van der Waals surface area contributed by atoms with Crippen molar-refractivity contribution in [1.29, 1.82) is 0 Å². The standard InChI is InChI=1S/C15H26N4/c1-3-6-16-13-14-12-15(5-7-17-14)19-10-8-18(4-2)9-11-19/h5,7,12,16H,3-4,6,8-11,13H2,1-2H3. The van der Waals surface area contributed by atoms with Gasteiger partial charge in [-0.15, -0.1) is 0 Å². The average Bonchev–Trinajstić information content (AvgIpc) is 2.48. The van der Waals surface area contributed by atoms with Crippen LogP contribution in [0.1, 0.15) is 26.0 Å². The van der Waals surface area contributed by atoms with Gasteiger partial charge in [0, 0.05) is 44.6 Å². The molecule has 0 aromatic carbocycles. The average molecular weight is 262 g/mol. The van der Waals surface area contributed by atoms with Crippen molar-refractivity contribution in [2.24, 2.45) is 0 Å². The smallest absolute Gasteiger partial charge is 0.0562 e. The fourth-order valence-electron chi connectivity index (χ4n) is 2.47. The molecule has 1 aliphatic rings. The predicted molar refractivity (Wildman–Crippen MR) is 80.6 cm³/mol. The van der Waals surface area contributed by atoms with Crippen LogP contribution in [0.25, 0.3) is 0 Å². The first-order valence-corrected chi connectivity index (χ1v) is 7.46. The van der Waals surface area contributed by atoms with E-state index in [9.17, 15) is 0 Å². The molecule has 19 heavy (non-hydrogen) atoms. The minimum absolute atomic E-state index is 0.872. The van der Waals surface area contributed by atoms with Crippen LogP contribution in [-0.4, -0.2) is 49.2 Å². The van der Waals surface area contributed by atoms with Gasteiger partial charge < -0.3 is 15.1 Å². The molecule has 0 aliphatic carbocycles. The predicted octanol–water partition coefficient (Wildman–Crippen LogP) is 1.72. The van der Waals surface area contributed by atoms with E-state index in [1.165, 1.54) is 25.2 Å². The minimum Gasteiger partial charge on any atom is -0.369 e. The Morgan fingerprint density at radius 1 is 1.21 bits per heavy atom. The molecule has 1 saturated heterocycles. The number of likely N-dealkylation sites (N-methyl/N-ethyl adjacent to an activating group) is 1. The molecule has 1 aromatic heterocycles. The van der Waals surface area contributed by atoms with Gasteiger partial charge in [0.15, 0.2) is 0 Å². The van der Waals surface area contributed by atoms with Crippen molar-refractivity contribution in [1.82, 2.24) is 15.2 Å². The van der Waals surface area contributed by atoms with Crippen molar-refractivity contribution in [3.8, 4) is 0 Å². The molecular weight excluding hydrogens is 236 g/mol. The van der Waals surface area contributed by atoms with Crippen molar-refractivity contribution in [2.45, 2.75) is 26.8 Å². The highest BCUT2D eigenvalue weighted by molar-refractivity contribution is 5.47. The van der Waals surface area contributed by atoms with Crippen LogP contribution < -0.4 is 10.2 Å². The summed E-state index contributed by atoms with van der Waals surface area (Å²) < 4.78 is 0. The number of nitrogens with one attached hydrogen (secondary N) is 1. The molecule has 1 fully saturated rings. The maximum Gasteiger partial charge on any atom is 0.0562 e.